The second kappa shape index (κ2) is 7.18. The van der Waals surface area contributed by atoms with Crippen LogP contribution in [0.25, 0.3) is 0 Å². The van der Waals surface area contributed by atoms with Crippen molar-refractivity contribution in [1.82, 2.24) is 20.3 Å². The minimum absolute atomic E-state index is 0.915. The Morgan fingerprint density at radius 3 is 2.78 bits per heavy atom. The lowest BCUT2D eigenvalue weighted by molar-refractivity contribution is 0.530. The molecule has 1 aromatic heterocycles. The smallest absolute Gasteiger partial charge is 0.0692 e. The lowest BCUT2D eigenvalue weighted by atomic mass is 10.2. The highest BCUT2D eigenvalue weighted by Crippen LogP contribution is 2.14. The summed E-state index contributed by atoms with van der Waals surface area (Å²) in [5, 5.41) is 11.1. The van der Waals surface area contributed by atoms with E-state index in [4.69, 9.17) is 0 Å². The summed E-state index contributed by atoms with van der Waals surface area (Å²) in [7, 11) is 0. The number of nitrogens with one attached hydrogen (secondary N) is 1. The molecule has 0 aliphatic heterocycles. The maximum absolute atomic E-state index is 3.93. The van der Waals surface area contributed by atoms with Crippen molar-refractivity contribution >= 4 is 11.8 Å². The molecule has 4 nitrogen and oxygen atoms in total. The zero-order valence-electron chi connectivity index (χ0n) is 10.5. The molecule has 0 spiro atoms. The average molecular weight is 262 g/mol. The molecule has 1 aromatic carbocycles. The van der Waals surface area contributed by atoms with E-state index in [0.29, 0.717) is 0 Å². The molecular formula is C13H18N4S. The standard InChI is InChI=1S/C13H18N4S/c1-18-13-5-3-12(4-6-13)11-14-7-2-9-17-10-8-15-16-17/h3-6,8,10,14H,2,7,9,11H2,1H3. The molecule has 0 fully saturated rings. The molecule has 0 saturated heterocycles. The summed E-state index contributed by atoms with van der Waals surface area (Å²) in [6.45, 7) is 2.83. The number of benzene rings is 1. The van der Waals surface area contributed by atoms with Crippen molar-refractivity contribution in [3.05, 3.63) is 42.2 Å². The summed E-state index contributed by atoms with van der Waals surface area (Å²) < 4.78 is 1.86. The molecule has 2 rings (SSSR count). The van der Waals surface area contributed by atoms with Crippen molar-refractivity contribution in [1.29, 1.82) is 0 Å². The van der Waals surface area contributed by atoms with Crippen molar-refractivity contribution in [2.75, 3.05) is 12.8 Å². The Hall–Kier alpha value is -1.33. The summed E-state index contributed by atoms with van der Waals surface area (Å²) in [4.78, 5) is 1.31. The van der Waals surface area contributed by atoms with Gasteiger partial charge in [-0.3, -0.25) is 4.68 Å². The van der Waals surface area contributed by atoms with E-state index < -0.39 is 0 Å². The fraction of sp³-hybridized carbons (Fsp3) is 0.385. The van der Waals surface area contributed by atoms with E-state index in [9.17, 15) is 0 Å². The molecule has 18 heavy (non-hydrogen) atoms. The van der Waals surface area contributed by atoms with Crippen LogP contribution in [0.5, 0.6) is 0 Å². The van der Waals surface area contributed by atoms with Crippen LogP contribution >= 0.6 is 11.8 Å². The molecule has 0 bridgehead atoms. The molecule has 5 heteroatoms. The summed E-state index contributed by atoms with van der Waals surface area (Å²) >= 11 is 1.77. The quantitative estimate of drug-likeness (QED) is 0.613. The van der Waals surface area contributed by atoms with E-state index in [0.717, 1.165) is 26.1 Å². The van der Waals surface area contributed by atoms with Crippen LogP contribution in [0.1, 0.15) is 12.0 Å². The average Bonchev–Trinajstić information content (AvgIpc) is 2.92. The van der Waals surface area contributed by atoms with Crippen molar-refractivity contribution < 1.29 is 0 Å². The predicted molar refractivity (Wildman–Crippen MR) is 74.6 cm³/mol. The lowest BCUT2D eigenvalue weighted by Crippen LogP contribution is -2.16. The minimum atomic E-state index is 0.915. The van der Waals surface area contributed by atoms with E-state index in [-0.39, 0.29) is 0 Å². The molecule has 0 aliphatic carbocycles. The van der Waals surface area contributed by atoms with Gasteiger partial charge in [-0.25, -0.2) is 0 Å². The zero-order chi connectivity index (χ0) is 12.6. The van der Waals surface area contributed by atoms with E-state index in [2.05, 4.69) is 46.2 Å². The highest BCUT2D eigenvalue weighted by Gasteiger charge is 1.95. The molecule has 1 heterocycles. The Kier molecular flexibility index (Phi) is 5.23. The molecule has 0 amide bonds. The van der Waals surface area contributed by atoms with E-state index in [1.807, 2.05) is 10.9 Å². The van der Waals surface area contributed by atoms with Gasteiger partial charge in [-0.05, 0) is 36.9 Å². The summed E-state index contributed by atoms with van der Waals surface area (Å²) in [5.41, 5.74) is 1.33. The van der Waals surface area contributed by atoms with Gasteiger partial charge in [0.25, 0.3) is 0 Å². The molecule has 0 unspecified atom stereocenters. The van der Waals surface area contributed by atoms with Crippen LogP contribution < -0.4 is 5.32 Å². The first-order chi connectivity index (χ1) is 8.88. The number of aryl methyl sites for hydroxylation is 1. The number of hydrogen-bond donors (Lipinski definition) is 1. The normalized spacial score (nSPS) is 10.7. The van der Waals surface area contributed by atoms with Crippen molar-refractivity contribution in [3.63, 3.8) is 0 Å². The first-order valence-electron chi connectivity index (χ1n) is 6.06. The Bertz CT molecular complexity index is 439. The van der Waals surface area contributed by atoms with Gasteiger partial charge in [0.1, 0.15) is 0 Å². The summed E-state index contributed by atoms with van der Waals surface area (Å²) in [6.07, 6.45) is 6.76. The van der Waals surface area contributed by atoms with Gasteiger partial charge < -0.3 is 5.32 Å². The molecule has 0 aliphatic rings. The molecule has 2 aromatic rings. The van der Waals surface area contributed by atoms with Crippen LogP contribution in [-0.4, -0.2) is 27.8 Å². The molecule has 1 N–H and O–H groups in total. The molecular weight excluding hydrogens is 244 g/mol. The Morgan fingerprint density at radius 2 is 2.11 bits per heavy atom. The van der Waals surface area contributed by atoms with Crippen LogP contribution in [0, 0.1) is 0 Å². The molecule has 0 atom stereocenters. The fourth-order valence-electron chi connectivity index (χ4n) is 1.69. The number of nitrogens with zero attached hydrogens (tertiary/aromatic N) is 3. The number of thioether (sulfide) groups is 1. The first-order valence-corrected chi connectivity index (χ1v) is 7.29. The van der Waals surface area contributed by atoms with Crippen molar-refractivity contribution in [3.8, 4) is 0 Å². The third-order valence-corrected chi connectivity index (χ3v) is 3.44. The molecule has 0 saturated carbocycles. The lowest BCUT2D eigenvalue weighted by Gasteiger charge is -2.05. The monoisotopic (exact) mass is 262 g/mol. The van der Waals surface area contributed by atoms with Gasteiger partial charge in [0.2, 0.25) is 0 Å². The molecule has 0 radical (unpaired) electrons. The number of rotatable bonds is 7. The highest BCUT2D eigenvalue weighted by atomic mass is 32.2. The molecule has 96 valence electrons. The Labute approximate surface area is 112 Å². The minimum Gasteiger partial charge on any atom is -0.313 e. The number of aromatic nitrogens is 3. The third kappa shape index (κ3) is 4.16. The van der Waals surface area contributed by atoms with Crippen LogP contribution in [0.3, 0.4) is 0 Å². The van der Waals surface area contributed by atoms with Crippen LogP contribution in [0.4, 0.5) is 0 Å². The van der Waals surface area contributed by atoms with Gasteiger partial charge in [0, 0.05) is 24.2 Å². The van der Waals surface area contributed by atoms with E-state index in [1.54, 1.807) is 18.0 Å². The van der Waals surface area contributed by atoms with Crippen LogP contribution in [0.15, 0.2) is 41.6 Å². The second-order valence-electron chi connectivity index (χ2n) is 4.04. The maximum Gasteiger partial charge on any atom is 0.0692 e. The van der Waals surface area contributed by atoms with Crippen LogP contribution in [-0.2, 0) is 13.1 Å². The largest absolute Gasteiger partial charge is 0.313 e. The summed E-state index contributed by atoms with van der Waals surface area (Å²) in [6, 6.07) is 8.68. The van der Waals surface area contributed by atoms with Gasteiger partial charge in [0.15, 0.2) is 0 Å². The van der Waals surface area contributed by atoms with E-state index in [1.165, 1.54) is 10.5 Å². The Balaban J connectivity index is 1.62. The van der Waals surface area contributed by atoms with Gasteiger partial charge in [-0.2, -0.15) is 0 Å². The third-order valence-electron chi connectivity index (χ3n) is 2.70. The van der Waals surface area contributed by atoms with Gasteiger partial charge in [0.05, 0.1) is 6.20 Å². The van der Waals surface area contributed by atoms with Crippen molar-refractivity contribution in [2.45, 2.75) is 24.4 Å². The fourth-order valence-corrected chi connectivity index (χ4v) is 2.10. The topological polar surface area (TPSA) is 42.7 Å². The predicted octanol–water partition coefficient (Wildman–Crippen LogP) is 2.18. The van der Waals surface area contributed by atoms with Gasteiger partial charge in [-0.15, -0.1) is 16.9 Å². The zero-order valence-corrected chi connectivity index (χ0v) is 11.4. The van der Waals surface area contributed by atoms with Gasteiger partial charge in [-0.1, -0.05) is 17.3 Å². The summed E-state index contributed by atoms with van der Waals surface area (Å²) in [5.74, 6) is 0. The maximum atomic E-state index is 3.93. The number of hydrogen-bond acceptors (Lipinski definition) is 4. The highest BCUT2D eigenvalue weighted by molar-refractivity contribution is 7.98. The van der Waals surface area contributed by atoms with E-state index >= 15 is 0 Å². The Morgan fingerprint density at radius 1 is 1.28 bits per heavy atom. The van der Waals surface area contributed by atoms with Crippen LogP contribution in [0.2, 0.25) is 0 Å². The second-order valence-corrected chi connectivity index (χ2v) is 4.92. The SMILES string of the molecule is CSc1ccc(CNCCCn2ccnn2)cc1. The first kappa shape index (κ1) is 13.1. The van der Waals surface area contributed by atoms with Gasteiger partial charge >= 0.3 is 0 Å². The van der Waals surface area contributed by atoms with Crippen molar-refractivity contribution in [2.24, 2.45) is 0 Å².